The van der Waals surface area contributed by atoms with Crippen LogP contribution in [0.2, 0.25) is 0 Å². The van der Waals surface area contributed by atoms with Crippen LogP contribution in [0.15, 0.2) is 0 Å². The largest absolute Gasteiger partial charge is 0.465 e. The van der Waals surface area contributed by atoms with E-state index in [0.717, 1.165) is 19.3 Å². The van der Waals surface area contributed by atoms with Crippen molar-refractivity contribution in [3.8, 4) is 0 Å². The molecule has 0 radical (unpaired) electrons. The Morgan fingerprint density at radius 1 is 1.22 bits per heavy atom. The summed E-state index contributed by atoms with van der Waals surface area (Å²) in [6.07, 6.45) is 2.71. The van der Waals surface area contributed by atoms with E-state index < -0.39 is 5.41 Å². The van der Waals surface area contributed by atoms with Crippen LogP contribution in [0.3, 0.4) is 0 Å². The Morgan fingerprint density at radius 2 is 1.83 bits per heavy atom. The minimum absolute atomic E-state index is 0.0955. The second kappa shape index (κ2) is 8.52. The van der Waals surface area contributed by atoms with Crippen LogP contribution >= 0.6 is 0 Å². The molecule has 0 aromatic carbocycles. The normalized spacial score (nSPS) is 14.9. The van der Waals surface area contributed by atoms with Crippen LogP contribution in [0.25, 0.3) is 0 Å². The summed E-state index contributed by atoms with van der Waals surface area (Å²) in [6, 6.07) is 0. The first-order valence-corrected chi connectivity index (χ1v) is 7.06. The third kappa shape index (κ3) is 4.97. The molecule has 1 unspecified atom stereocenters. The van der Waals surface area contributed by atoms with Crippen molar-refractivity contribution in [2.24, 2.45) is 17.3 Å². The molecule has 3 heteroatoms. The average molecular weight is 258 g/mol. The Hall–Kier alpha value is -0.570. The van der Waals surface area contributed by atoms with E-state index in [-0.39, 0.29) is 11.9 Å². The van der Waals surface area contributed by atoms with Crippen LogP contribution in [0.5, 0.6) is 0 Å². The molecule has 0 aliphatic rings. The molecule has 3 nitrogen and oxygen atoms in total. The van der Waals surface area contributed by atoms with Gasteiger partial charge in [-0.1, -0.05) is 34.6 Å². The fraction of sp³-hybridized carbons (Fsp3) is 0.933. The number of hydrogen-bond acceptors (Lipinski definition) is 3. The number of carbonyl (C=O) groups is 1. The zero-order chi connectivity index (χ0) is 14.2. The Kier molecular flexibility index (Phi) is 8.25. The molecule has 0 rings (SSSR count). The van der Waals surface area contributed by atoms with Gasteiger partial charge in [-0.3, -0.25) is 4.79 Å². The van der Waals surface area contributed by atoms with E-state index in [9.17, 15) is 4.79 Å². The minimum atomic E-state index is -0.492. The molecule has 0 aliphatic heterocycles. The van der Waals surface area contributed by atoms with Gasteiger partial charge in [-0.15, -0.1) is 0 Å². The maximum atomic E-state index is 12.4. The highest BCUT2D eigenvalue weighted by Crippen LogP contribution is 2.36. The summed E-state index contributed by atoms with van der Waals surface area (Å²) in [5, 5.41) is 0. The maximum Gasteiger partial charge on any atom is 0.314 e. The predicted octanol–water partition coefficient (Wildman–Crippen LogP) is 3.66. The fourth-order valence-corrected chi connectivity index (χ4v) is 2.07. The summed E-state index contributed by atoms with van der Waals surface area (Å²) >= 11 is 0. The van der Waals surface area contributed by atoms with Gasteiger partial charge in [0.2, 0.25) is 0 Å². The number of methoxy groups -OCH3 is 1. The zero-order valence-electron chi connectivity index (χ0n) is 12.9. The van der Waals surface area contributed by atoms with Gasteiger partial charge in [-0.05, 0) is 31.1 Å². The molecule has 0 spiro atoms. The number of ether oxygens (including phenoxy) is 2. The summed E-state index contributed by atoms with van der Waals surface area (Å²) in [4.78, 5) is 12.4. The molecular formula is C15H30O3. The van der Waals surface area contributed by atoms with Gasteiger partial charge in [0.05, 0.1) is 18.6 Å². The van der Waals surface area contributed by atoms with Gasteiger partial charge in [0.25, 0.3) is 0 Å². The number of esters is 1. The Bertz CT molecular complexity index is 236. The molecule has 1 atom stereocenters. The lowest BCUT2D eigenvalue weighted by atomic mass is 9.73. The van der Waals surface area contributed by atoms with Crippen molar-refractivity contribution in [3.05, 3.63) is 0 Å². The van der Waals surface area contributed by atoms with E-state index in [2.05, 4.69) is 27.7 Å². The van der Waals surface area contributed by atoms with Gasteiger partial charge < -0.3 is 9.47 Å². The van der Waals surface area contributed by atoms with E-state index >= 15 is 0 Å². The molecule has 0 heterocycles. The van der Waals surface area contributed by atoms with Crippen LogP contribution in [0, 0.1) is 17.3 Å². The zero-order valence-corrected chi connectivity index (χ0v) is 12.9. The first-order chi connectivity index (χ1) is 8.40. The molecular weight excluding hydrogens is 228 g/mol. The fourth-order valence-electron chi connectivity index (χ4n) is 2.07. The Morgan fingerprint density at radius 3 is 2.22 bits per heavy atom. The van der Waals surface area contributed by atoms with E-state index in [1.165, 1.54) is 0 Å². The molecule has 108 valence electrons. The lowest BCUT2D eigenvalue weighted by molar-refractivity contribution is -0.164. The third-order valence-corrected chi connectivity index (χ3v) is 3.52. The van der Waals surface area contributed by atoms with Crippen LogP contribution in [-0.2, 0) is 14.3 Å². The molecule has 0 aromatic rings. The Balaban J connectivity index is 4.89. The summed E-state index contributed by atoms with van der Waals surface area (Å²) in [5.74, 6) is 0.710. The maximum absolute atomic E-state index is 12.4. The second-order valence-electron chi connectivity index (χ2n) is 5.81. The van der Waals surface area contributed by atoms with Crippen molar-refractivity contribution in [2.45, 2.75) is 53.9 Å². The van der Waals surface area contributed by atoms with E-state index in [0.29, 0.717) is 19.1 Å². The van der Waals surface area contributed by atoms with Crippen molar-refractivity contribution in [2.75, 3.05) is 20.3 Å². The van der Waals surface area contributed by atoms with Gasteiger partial charge in [0.1, 0.15) is 0 Å². The first-order valence-electron chi connectivity index (χ1n) is 7.06. The van der Waals surface area contributed by atoms with Crippen LogP contribution in [0.4, 0.5) is 0 Å². The smallest absolute Gasteiger partial charge is 0.314 e. The number of hydrogen-bond donors (Lipinski definition) is 0. The van der Waals surface area contributed by atoms with Gasteiger partial charge in [-0.25, -0.2) is 0 Å². The highest BCUT2D eigenvalue weighted by Gasteiger charge is 2.42. The van der Waals surface area contributed by atoms with Crippen molar-refractivity contribution < 1.29 is 14.3 Å². The molecule has 0 saturated carbocycles. The van der Waals surface area contributed by atoms with Crippen molar-refractivity contribution in [1.29, 1.82) is 0 Å². The van der Waals surface area contributed by atoms with E-state index in [1.54, 1.807) is 7.11 Å². The van der Waals surface area contributed by atoms with E-state index in [4.69, 9.17) is 9.47 Å². The first kappa shape index (κ1) is 17.4. The number of carbonyl (C=O) groups excluding carboxylic acids is 1. The van der Waals surface area contributed by atoms with Crippen molar-refractivity contribution in [3.63, 3.8) is 0 Å². The molecule has 18 heavy (non-hydrogen) atoms. The number of rotatable bonds is 9. The SMILES string of the molecule is CCCOC(=O)C(CCC(C)C)(COC)C(C)C. The van der Waals surface area contributed by atoms with Crippen molar-refractivity contribution in [1.82, 2.24) is 0 Å². The van der Waals surface area contributed by atoms with Crippen LogP contribution in [-0.4, -0.2) is 26.3 Å². The van der Waals surface area contributed by atoms with Crippen LogP contribution < -0.4 is 0 Å². The summed E-state index contributed by atoms with van der Waals surface area (Å²) in [6.45, 7) is 11.5. The van der Waals surface area contributed by atoms with Gasteiger partial charge >= 0.3 is 5.97 Å². The highest BCUT2D eigenvalue weighted by atomic mass is 16.5. The van der Waals surface area contributed by atoms with Gasteiger partial charge in [0.15, 0.2) is 0 Å². The predicted molar refractivity (Wildman–Crippen MR) is 74.5 cm³/mol. The summed E-state index contributed by atoms with van der Waals surface area (Å²) < 4.78 is 10.7. The lowest BCUT2D eigenvalue weighted by Crippen LogP contribution is -2.42. The summed E-state index contributed by atoms with van der Waals surface area (Å²) in [7, 11) is 1.65. The molecule has 0 amide bonds. The van der Waals surface area contributed by atoms with Crippen molar-refractivity contribution >= 4 is 5.97 Å². The molecule has 0 bridgehead atoms. The average Bonchev–Trinajstić information content (AvgIpc) is 2.30. The molecule has 0 aromatic heterocycles. The van der Waals surface area contributed by atoms with Gasteiger partial charge in [0, 0.05) is 7.11 Å². The monoisotopic (exact) mass is 258 g/mol. The van der Waals surface area contributed by atoms with Crippen LogP contribution in [0.1, 0.15) is 53.9 Å². The quantitative estimate of drug-likeness (QED) is 0.592. The highest BCUT2D eigenvalue weighted by molar-refractivity contribution is 5.77. The summed E-state index contributed by atoms with van der Waals surface area (Å²) in [5.41, 5.74) is -0.492. The third-order valence-electron chi connectivity index (χ3n) is 3.52. The van der Waals surface area contributed by atoms with Gasteiger partial charge in [-0.2, -0.15) is 0 Å². The lowest BCUT2D eigenvalue weighted by Gasteiger charge is -2.35. The standard InChI is InChI=1S/C15H30O3/c1-7-10-18-14(16)15(11-17-6,13(4)5)9-8-12(2)3/h12-13H,7-11H2,1-6H3. The molecule has 0 fully saturated rings. The molecule has 0 N–H and O–H groups in total. The topological polar surface area (TPSA) is 35.5 Å². The molecule has 0 saturated heterocycles. The van der Waals surface area contributed by atoms with E-state index in [1.807, 2.05) is 6.92 Å². The Labute approximate surface area is 112 Å². The molecule has 0 aliphatic carbocycles. The second-order valence-corrected chi connectivity index (χ2v) is 5.81. The minimum Gasteiger partial charge on any atom is -0.465 e.